The van der Waals surface area contributed by atoms with E-state index in [1.807, 2.05) is 19.1 Å². The van der Waals surface area contributed by atoms with Gasteiger partial charge in [0.05, 0.1) is 0 Å². The van der Waals surface area contributed by atoms with Crippen LogP contribution in [0.1, 0.15) is 44.1 Å². The van der Waals surface area contributed by atoms with E-state index in [0.717, 1.165) is 24.2 Å². The number of hydrogen-bond acceptors (Lipinski definition) is 2. The second-order valence-corrected chi connectivity index (χ2v) is 4.18. The van der Waals surface area contributed by atoms with Crippen LogP contribution in [0, 0.1) is 12.8 Å². The Morgan fingerprint density at radius 1 is 1.43 bits per heavy atom. The topological polar surface area (TPSA) is 30.2 Å². The number of aldehydes is 1. The number of rotatable bonds is 5. The van der Waals surface area contributed by atoms with Crippen molar-refractivity contribution in [3.05, 3.63) is 23.7 Å². The first-order valence-corrected chi connectivity index (χ1v) is 5.13. The third-order valence-corrected chi connectivity index (χ3v) is 2.30. The van der Waals surface area contributed by atoms with Gasteiger partial charge in [0.15, 0.2) is 0 Å². The number of carbonyl (C=O) groups excluding carboxylic acids is 1. The Bertz CT molecular complexity index is 286. The molecule has 0 aromatic carbocycles. The molecule has 0 fully saturated rings. The van der Waals surface area contributed by atoms with Gasteiger partial charge in [-0.15, -0.1) is 0 Å². The predicted octanol–water partition coefficient (Wildman–Crippen LogP) is 3.31. The molecule has 1 heterocycles. The molecule has 1 aromatic heterocycles. The van der Waals surface area contributed by atoms with Gasteiger partial charge in [0.1, 0.15) is 17.8 Å². The van der Waals surface area contributed by atoms with Crippen LogP contribution >= 0.6 is 0 Å². The van der Waals surface area contributed by atoms with Crippen LogP contribution in [0.4, 0.5) is 0 Å². The minimum absolute atomic E-state index is 0.251. The van der Waals surface area contributed by atoms with E-state index in [4.69, 9.17) is 4.42 Å². The Labute approximate surface area is 85.3 Å². The summed E-state index contributed by atoms with van der Waals surface area (Å²) < 4.78 is 5.54. The van der Waals surface area contributed by atoms with Gasteiger partial charge in [0.2, 0.25) is 0 Å². The Morgan fingerprint density at radius 2 is 2.14 bits per heavy atom. The van der Waals surface area contributed by atoms with Crippen molar-refractivity contribution in [3.63, 3.8) is 0 Å². The van der Waals surface area contributed by atoms with E-state index in [0.29, 0.717) is 12.3 Å². The molecule has 2 nitrogen and oxygen atoms in total. The van der Waals surface area contributed by atoms with Gasteiger partial charge in [-0.25, -0.2) is 0 Å². The molecule has 0 amide bonds. The summed E-state index contributed by atoms with van der Waals surface area (Å²) in [4.78, 5) is 10.5. The van der Waals surface area contributed by atoms with Crippen LogP contribution in [0.5, 0.6) is 0 Å². The van der Waals surface area contributed by atoms with E-state index in [1.165, 1.54) is 0 Å². The van der Waals surface area contributed by atoms with Gasteiger partial charge in [0.25, 0.3) is 0 Å². The van der Waals surface area contributed by atoms with Crippen LogP contribution in [0.2, 0.25) is 0 Å². The molecule has 0 spiro atoms. The highest BCUT2D eigenvalue weighted by Gasteiger charge is 2.16. The summed E-state index contributed by atoms with van der Waals surface area (Å²) in [7, 11) is 0. The standard InChI is InChI=1S/C12H18O2/c1-9(2)8-11(6-7-13)12-5-4-10(3)14-12/h4-5,7,9,11H,6,8H2,1-3H3. The highest BCUT2D eigenvalue weighted by atomic mass is 16.3. The van der Waals surface area contributed by atoms with E-state index in [9.17, 15) is 4.79 Å². The summed E-state index contributed by atoms with van der Waals surface area (Å²) in [6, 6.07) is 3.93. The molecule has 1 atom stereocenters. The van der Waals surface area contributed by atoms with E-state index in [-0.39, 0.29) is 5.92 Å². The lowest BCUT2D eigenvalue weighted by Crippen LogP contribution is -2.02. The number of aryl methyl sites for hydroxylation is 1. The van der Waals surface area contributed by atoms with Gasteiger partial charge < -0.3 is 9.21 Å². The van der Waals surface area contributed by atoms with Gasteiger partial charge in [0, 0.05) is 12.3 Å². The summed E-state index contributed by atoms with van der Waals surface area (Å²) >= 11 is 0. The fourth-order valence-electron chi connectivity index (χ4n) is 1.69. The predicted molar refractivity (Wildman–Crippen MR) is 56.3 cm³/mol. The number of furan rings is 1. The van der Waals surface area contributed by atoms with Crippen molar-refractivity contribution in [2.45, 2.75) is 39.5 Å². The molecule has 0 radical (unpaired) electrons. The molecule has 0 aliphatic carbocycles. The first kappa shape index (κ1) is 11.0. The summed E-state index contributed by atoms with van der Waals surface area (Å²) in [6.45, 7) is 6.25. The van der Waals surface area contributed by atoms with E-state index in [1.54, 1.807) is 0 Å². The number of carbonyl (C=O) groups is 1. The van der Waals surface area contributed by atoms with Crippen LogP contribution in [0.3, 0.4) is 0 Å². The van der Waals surface area contributed by atoms with Crippen molar-refractivity contribution in [2.24, 2.45) is 5.92 Å². The molecule has 0 N–H and O–H groups in total. The lowest BCUT2D eigenvalue weighted by molar-refractivity contribution is -0.108. The second-order valence-electron chi connectivity index (χ2n) is 4.18. The van der Waals surface area contributed by atoms with Crippen LogP contribution in [0.25, 0.3) is 0 Å². The van der Waals surface area contributed by atoms with Gasteiger partial charge in [-0.1, -0.05) is 13.8 Å². The zero-order valence-corrected chi connectivity index (χ0v) is 9.12. The largest absolute Gasteiger partial charge is 0.466 e. The van der Waals surface area contributed by atoms with Crippen molar-refractivity contribution in [2.75, 3.05) is 0 Å². The maximum absolute atomic E-state index is 10.5. The van der Waals surface area contributed by atoms with Gasteiger partial charge in [-0.2, -0.15) is 0 Å². The lowest BCUT2D eigenvalue weighted by Gasteiger charge is -2.13. The van der Waals surface area contributed by atoms with Crippen molar-refractivity contribution in [1.29, 1.82) is 0 Å². The molecule has 0 saturated carbocycles. The smallest absolute Gasteiger partial charge is 0.120 e. The van der Waals surface area contributed by atoms with E-state index >= 15 is 0 Å². The van der Waals surface area contributed by atoms with Crippen LogP contribution in [-0.4, -0.2) is 6.29 Å². The van der Waals surface area contributed by atoms with Crippen molar-refractivity contribution < 1.29 is 9.21 Å². The lowest BCUT2D eigenvalue weighted by atomic mass is 9.92. The Morgan fingerprint density at radius 3 is 2.57 bits per heavy atom. The Hall–Kier alpha value is -1.05. The molecule has 1 aromatic rings. The maximum atomic E-state index is 10.5. The third-order valence-electron chi connectivity index (χ3n) is 2.30. The first-order valence-electron chi connectivity index (χ1n) is 5.13. The zero-order chi connectivity index (χ0) is 10.6. The summed E-state index contributed by atoms with van der Waals surface area (Å²) in [6.07, 6.45) is 2.54. The van der Waals surface area contributed by atoms with Crippen molar-refractivity contribution >= 4 is 6.29 Å². The van der Waals surface area contributed by atoms with Crippen LogP contribution in [0.15, 0.2) is 16.5 Å². The fraction of sp³-hybridized carbons (Fsp3) is 0.583. The normalized spacial score (nSPS) is 13.1. The molecule has 0 bridgehead atoms. The molecular weight excluding hydrogens is 176 g/mol. The van der Waals surface area contributed by atoms with Gasteiger partial charge >= 0.3 is 0 Å². The van der Waals surface area contributed by atoms with Gasteiger partial charge in [-0.3, -0.25) is 0 Å². The molecule has 0 aliphatic heterocycles. The summed E-state index contributed by atoms with van der Waals surface area (Å²) in [5.74, 6) is 2.70. The highest BCUT2D eigenvalue weighted by Crippen LogP contribution is 2.27. The summed E-state index contributed by atoms with van der Waals surface area (Å²) in [5, 5.41) is 0. The van der Waals surface area contributed by atoms with E-state index in [2.05, 4.69) is 13.8 Å². The molecule has 0 aliphatic rings. The molecule has 78 valence electrons. The average molecular weight is 194 g/mol. The summed E-state index contributed by atoms with van der Waals surface area (Å²) in [5.41, 5.74) is 0. The van der Waals surface area contributed by atoms with Crippen LogP contribution in [-0.2, 0) is 4.79 Å². The van der Waals surface area contributed by atoms with Crippen molar-refractivity contribution in [1.82, 2.24) is 0 Å². The highest BCUT2D eigenvalue weighted by molar-refractivity contribution is 5.51. The maximum Gasteiger partial charge on any atom is 0.120 e. The molecule has 1 unspecified atom stereocenters. The average Bonchev–Trinajstić information content (AvgIpc) is 2.50. The molecule has 14 heavy (non-hydrogen) atoms. The number of hydrogen-bond donors (Lipinski definition) is 0. The van der Waals surface area contributed by atoms with Crippen LogP contribution < -0.4 is 0 Å². The fourth-order valence-corrected chi connectivity index (χ4v) is 1.69. The van der Waals surface area contributed by atoms with E-state index < -0.39 is 0 Å². The van der Waals surface area contributed by atoms with Crippen molar-refractivity contribution in [3.8, 4) is 0 Å². The monoisotopic (exact) mass is 194 g/mol. The first-order chi connectivity index (χ1) is 6.63. The molecule has 1 rings (SSSR count). The molecule has 2 heteroatoms. The minimum Gasteiger partial charge on any atom is -0.466 e. The SMILES string of the molecule is Cc1ccc(C(CC=O)CC(C)C)o1. The molecule has 0 saturated heterocycles. The third kappa shape index (κ3) is 3.02. The van der Waals surface area contributed by atoms with Gasteiger partial charge in [-0.05, 0) is 31.4 Å². The Kier molecular flexibility index (Phi) is 3.93. The molecular formula is C12H18O2. The second kappa shape index (κ2) is 4.99. The minimum atomic E-state index is 0.251. The quantitative estimate of drug-likeness (QED) is 0.673. The zero-order valence-electron chi connectivity index (χ0n) is 9.12. The Balaban J connectivity index is 2.71.